The summed E-state index contributed by atoms with van der Waals surface area (Å²) in [7, 11) is 0. The van der Waals surface area contributed by atoms with Crippen LogP contribution in [0.15, 0.2) is 12.4 Å². The molecule has 0 fully saturated rings. The first kappa shape index (κ1) is 14.2. The van der Waals surface area contributed by atoms with E-state index in [0.29, 0.717) is 6.04 Å². The summed E-state index contributed by atoms with van der Waals surface area (Å²) in [6.45, 7) is 10.9. The lowest BCUT2D eigenvalue weighted by Gasteiger charge is -2.25. The maximum Gasteiger partial charge on any atom is 0.0522 e. The predicted octanol–water partition coefficient (Wildman–Crippen LogP) is 2.86. The number of likely N-dealkylation sites (N-methyl/N-ethyl adjacent to an activating group) is 1. The van der Waals surface area contributed by atoms with Gasteiger partial charge in [0.1, 0.15) is 0 Å². The number of hydrogen-bond acceptors (Lipinski definition) is 2. The zero-order valence-electron chi connectivity index (χ0n) is 11.7. The van der Waals surface area contributed by atoms with Crippen molar-refractivity contribution in [2.75, 3.05) is 6.54 Å². The molecule has 0 aliphatic heterocycles. The lowest BCUT2D eigenvalue weighted by molar-refractivity contribution is 0.336. The fraction of sp³-hybridized carbons (Fsp3) is 0.786. The lowest BCUT2D eigenvalue weighted by atomic mass is 9.90. The van der Waals surface area contributed by atoms with Crippen molar-refractivity contribution in [3.63, 3.8) is 0 Å². The van der Waals surface area contributed by atoms with Gasteiger partial charge in [-0.15, -0.1) is 0 Å². The van der Waals surface area contributed by atoms with Crippen LogP contribution in [0.1, 0.15) is 46.1 Å². The van der Waals surface area contributed by atoms with Crippen LogP contribution in [0.3, 0.4) is 0 Å². The highest BCUT2D eigenvalue weighted by Crippen LogP contribution is 2.17. The number of nitrogens with zero attached hydrogens (tertiary/aromatic N) is 2. The Balaban J connectivity index is 2.64. The number of aryl methyl sites for hydroxylation is 1. The molecule has 1 atom stereocenters. The van der Waals surface area contributed by atoms with Gasteiger partial charge in [0, 0.05) is 18.8 Å². The lowest BCUT2D eigenvalue weighted by Crippen LogP contribution is -2.37. The minimum Gasteiger partial charge on any atom is -0.314 e. The number of hydrogen-bond donors (Lipinski definition) is 1. The number of aromatic nitrogens is 2. The van der Waals surface area contributed by atoms with Crippen LogP contribution in [-0.4, -0.2) is 22.4 Å². The molecule has 17 heavy (non-hydrogen) atoms. The normalized spacial score (nSPS) is 13.2. The Morgan fingerprint density at radius 2 is 1.94 bits per heavy atom. The van der Waals surface area contributed by atoms with Crippen LogP contribution in [0.2, 0.25) is 0 Å². The Labute approximate surface area is 106 Å². The molecule has 1 rings (SSSR count). The molecule has 0 radical (unpaired) electrons. The second kappa shape index (κ2) is 7.49. The Morgan fingerprint density at radius 1 is 1.24 bits per heavy atom. The molecule has 0 aromatic carbocycles. The van der Waals surface area contributed by atoms with Crippen molar-refractivity contribution in [3.8, 4) is 0 Å². The highest BCUT2D eigenvalue weighted by atomic mass is 15.3. The summed E-state index contributed by atoms with van der Waals surface area (Å²) in [5.41, 5.74) is 1.35. The highest BCUT2D eigenvalue weighted by Gasteiger charge is 2.18. The second-order valence-corrected chi connectivity index (χ2v) is 4.65. The molecule has 0 saturated heterocycles. The molecule has 3 nitrogen and oxygen atoms in total. The molecule has 98 valence electrons. The van der Waals surface area contributed by atoms with E-state index < -0.39 is 0 Å². The second-order valence-electron chi connectivity index (χ2n) is 4.65. The Hall–Kier alpha value is -0.830. The molecular formula is C14H27N3. The van der Waals surface area contributed by atoms with Crippen molar-refractivity contribution in [3.05, 3.63) is 18.0 Å². The van der Waals surface area contributed by atoms with E-state index in [9.17, 15) is 0 Å². The smallest absolute Gasteiger partial charge is 0.0522 e. The first-order valence-electron chi connectivity index (χ1n) is 6.99. The molecule has 0 amide bonds. The van der Waals surface area contributed by atoms with E-state index in [0.717, 1.165) is 25.4 Å². The molecular weight excluding hydrogens is 210 g/mol. The van der Waals surface area contributed by atoms with Gasteiger partial charge in [-0.2, -0.15) is 5.10 Å². The summed E-state index contributed by atoms with van der Waals surface area (Å²) in [5.74, 6) is 0.764. The third-order valence-electron chi connectivity index (χ3n) is 3.55. The van der Waals surface area contributed by atoms with E-state index in [2.05, 4.69) is 44.3 Å². The molecule has 1 aromatic heterocycles. The van der Waals surface area contributed by atoms with E-state index in [1.165, 1.54) is 18.4 Å². The summed E-state index contributed by atoms with van der Waals surface area (Å²) in [4.78, 5) is 0. The van der Waals surface area contributed by atoms with Crippen molar-refractivity contribution >= 4 is 0 Å². The van der Waals surface area contributed by atoms with Gasteiger partial charge in [0.25, 0.3) is 0 Å². The monoisotopic (exact) mass is 237 g/mol. The summed E-state index contributed by atoms with van der Waals surface area (Å²) in [6, 6.07) is 0.588. The Morgan fingerprint density at radius 3 is 2.41 bits per heavy atom. The standard InChI is InChI=1S/C14H27N3/c1-5-13(6-2)14(15-7-3)9-12-10-16-17(8-4)11-12/h10-11,13-15H,5-9H2,1-4H3. The van der Waals surface area contributed by atoms with E-state index in [1.807, 2.05) is 10.9 Å². The molecule has 3 heteroatoms. The highest BCUT2D eigenvalue weighted by molar-refractivity contribution is 5.06. The van der Waals surface area contributed by atoms with Gasteiger partial charge in [-0.25, -0.2) is 0 Å². The molecule has 1 unspecified atom stereocenters. The van der Waals surface area contributed by atoms with Gasteiger partial charge in [-0.05, 0) is 31.4 Å². The van der Waals surface area contributed by atoms with Gasteiger partial charge >= 0.3 is 0 Å². The molecule has 1 N–H and O–H groups in total. The van der Waals surface area contributed by atoms with Crippen molar-refractivity contribution in [1.82, 2.24) is 15.1 Å². The number of rotatable bonds is 8. The summed E-state index contributed by atoms with van der Waals surface area (Å²) < 4.78 is 2.01. The van der Waals surface area contributed by atoms with Crippen LogP contribution in [0, 0.1) is 5.92 Å². The molecule has 1 aromatic rings. The van der Waals surface area contributed by atoms with Gasteiger partial charge in [-0.1, -0.05) is 33.6 Å². The van der Waals surface area contributed by atoms with E-state index in [-0.39, 0.29) is 0 Å². The maximum atomic E-state index is 4.35. The average molecular weight is 237 g/mol. The molecule has 0 aliphatic carbocycles. The van der Waals surface area contributed by atoms with E-state index in [1.54, 1.807) is 0 Å². The van der Waals surface area contributed by atoms with Crippen LogP contribution in [0.25, 0.3) is 0 Å². The van der Waals surface area contributed by atoms with Crippen molar-refractivity contribution in [1.29, 1.82) is 0 Å². The van der Waals surface area contributed by atoms with Crippen molar-refractivity contribution in [2.45, 2.75) is 59.5 Å². The van der Waals surface area contributed by atoms with Crippen molar-refractivity contribution in [2.24, 2.45) is 5.92 Å². The number of nitrogens with one attached hydrogen (secondary N) is 1. The van der Waals surface area contributed by atoms with Crippen LogP contribution >= 0.6 is 0 Å². The maximum absolute atomic E-state index is 4.35. The van der Waals surface area contributed by atoms with Crippen LogP contribution < -0.4 is 5.32 Å². The molecule has 0 aliphatic rings. The largest absolute Gasteiger partial charge is 0.314 e. The van der Waals surface area contributed by atoms with Gasteiger partial charge in [0.2, 0.25) is 0 Å². The SMILES string of the molecule is CCNC(Cc1cnn(CC)c1)C(CC)CC. The quantitative estimate of drug-likeness (QED) is 0.753. The third-order valence-corrected chi connectivity index (χ3v) is 3.55. The molecule has 0 saturated carbocycles. The zero-order valence-corrected chi connectivity index (χ0v) is 11.7. The van der Waals surface area contributed by atoms with Crippen LogP contribution in [0.4, 0.5) is 0 Å². The van der Waals surface area contributed by atoms with Crippen LogP contribution in [-0.2, 0) is 13.0 Å². The minimum atomic E-state index is 0.588. The average Bonchev–Trinajstić information content (AvgIpc) is 2.78. The van der Waals surface area contributed by atoms with Crippen LogP contribution in [0.5, 0.6) is 0 Å². The molecule has 0 bridgehead atoms. The fourth-order valence-electron chi connectivity index (χ4n) is 2.46. The molecule has 0 spiro atoms. The van der Waals surface area contributed by atoms with E-state index in [4.69, 9.17) is 0 Å². The summed E-state index contributed by atoms with van der Waals surface area (Å²) in [5, 5.41) is 7.97. The van der Waals surface area contributed by atoms with Gasteiger partial charge < -0.3 is 5.32 Å². The Kier molecular flexibility index (Phi) is 6.27. The Bertz CT molecular complexity index is 302. The first-order valence-corrected chi connectivity index (χ1v) is 6.99. The first-order chi connectivity index (χ1) is 8.24. The topological polar surface area (TPSA) is 29.9 Å². The summed E-state index contributed by atoms with van der Waals surface area (Å²) in [6.07, 6.45) is 7.77. The minimum absolute atomic E-state index is 0.588. The van der Waals surface area contributed by atoms with E-state index >= 15 is 0 Å². The fourth-order valence-corrected chi connectivity index (χ4v) is 2.46. The van der Waals surface area contributed by atoms with Gasteiger partial charge in [0.15, 0.2) is 0 Å². The third kappa shape index (κ3) is 4.15. The predicted molar refractivity (Wildman–Crippen MR) is 73.1 cm³/mol. The summed E-state index contributed by atoms with van der Waals surface area (Å²) >= 11 is 0. The van der Waals surface area contributed by atoms with Crippen molar-refractivity contribution < 1.29 is 0 Å². The zero-order chi connectivity index (χ0) is 12.7. The van der Waals surface area contributed by atoms with Gasteiger partial charge in [0.05, 0.1) is 6.20 Å². The van der Waals surface area contributed by atoms with Gasteiger partial charge in [-0.3, -0.25) is 4.68 Å². The molecule has 1 heterocycles.